The molecule has 0 aliphatic carbocycles. The summed E-state index contributed by atoms with van der Waals surface area (Å²) in [5.41, 5.74) is -1.87. The van der Waals surface area contributed by atoms with Gasteiger partial charge in [0.15, 0.2) is 0 Å². The van der Waals surface area contributed by atoms with Gasteiger partial charge in [-0.1, -0.05) is 6.07 Å². The molecule has 3 N–H and O–H groups in total. The van der Waals surface area contributed by atoms with Crippen LogP contribution in [0.5, 0.6) is 5.75 Å². The van der Waals surface area contributed by atoms with Crippen molar-refractivity contribution < 1.29 is 34.4 Å². The fourth-order valence-electron chi connectivity index (χ4n) is 2.22. The Morgan fingerprint density at radius 1 is 0.929 bits per heavy atom. The number of carboxylic acids is 2. The zero-order valence-electron chi connectivity index (χ0n) is 15.3. The average Bonchev–Trinajstić information content (AvgIpc) is 2.58. The Morgan fingerprint density at radius 2 is 1.61 bits per heavy atom. The Bertz CT molecular complexity index is 975. The van der Waals surface area contributed by atoms with Gasteiger partial charge in [0.2, 0.25) is 0 Å². The summed E-state index contributed by atoms with van der Waals surface area (Å²) in [4.78, 5) is 34.8. The molecular formula is C19H18N2O7. The fourth-order valence-corrected chi connectivity index (χ4v) is 2.22. The molecule has 0 saturated carbocycles. The van der Waals surface area contributed by atoms with Gasteiger partial charge in [-0.2, -0.15) is 5.11 Å². The minimum absolute atomic E-state index is 0.135. The lowest BCUT2D eigenvalue weighted by Crippen LogP contribution is -2.23. The molecule has 0 bridgehead atoms. The lowest BCUT2D eigenvalue weighted by Gasteiger charge is -2.19. The molecule has 146 valence electrons. The second-order valence-electron chi connectivity index (χ2n) is 6.71. The molecule has 9 nitrogen and oxygen atoms in total. The normalized spacial score (nSPS) is 11.4. The van der Waals surface area contributed by atoms with Crippen molar-refractivity contribution in [2.75, 3.05) is 0 Å². The van der Waals surface area contributed by atoms with Crippen LogP contribution in [-0.2, 0) is 4.74 Å². The van der Waals surface area contributed by atoms with Gasteiger partial charge >= 0.3 is 17.9 Å². The molecule has 0 heterocycles. The molecule has 2 aromatic rings. The van der Waals surface area contributed by atoms with E-state index >= 15 is 0 Å². The van der Waals surface area contributed by atoms with E-state index in [2.05, 4.69) is 10.2 Å². The van der Waals surface area contributed by atoms with Gasteiger partial charge in [-0.15, -0.1) is 5.11 Å². The highest BCUT2D eigenvalue weighted by Gasteiger charge is 2.22. The minimum atomic E-state index is -1.47. The van der Waals surface area contributed by atoms with Crippen molar-refractivity contribution >= 4 is 29.3 Å². The van der Waals surface area contributed by atoms with Gasteiger partial charge in [0, 0.05) is 0 Å². The van der Waals surface area contributed by atoms with Gasteiger partial charge in [0.1, 0.15) is 28.2 Å². The highest BCUT2D eigenvalue weighted by molar-refractivity contribution is 6.05. The van der Waals surface area contributed by atoms with Crippen LogP contribution in [0.2, 0.25) is 0 Å². The molecule has 0 aromatic heterocycles. The summed E-state index contributed by atoms with van der Waals surface area (Å²) < 4.78 is 5.20. The lowest BCUT2D eigenvalue weighted by atomic mass is 10.1. The summed E-state index contributed by atoms with van der Waals surface area (Å²) in [6, 6.07) is 7.59. The number of hydrogen-bond donors (Lipinski definition) is 3. The standard InChI is InChI=1S/C19H18N2O7/c1-19(2,3)28-18(27)12-9-10(7-8-14(12)22)20-21-13-6-4-5-11(16(23)24)15(13)17(25)26/h4-9,22H,1-3H3,(H,23,24)(H,25,26)/b21-20+. The van der Waals surface area contributed by atoms with Gasteiger partial charge < -0.3 is 20.1 Å². The monoisotopic (exact) mass is 386 g/mol. The quantitative estimate of drug-likeness (QED) is 0.516. The first kappa shape index (κ1) is 20.6. The summed E-state index contributed by atoms with van der Waals surface area (Å²) in [5, 5.41) is 36.0. The number of carbonyl (C=O) groups is 3. The van der Waals surface area contributed by atoms with Crippen LogP contribution in [0.25, 0.3) is 0 Å². The predicted octanol–water partition coefficient (Wildman–Crippen LogP) is 4.16. The summed E-state index contributed by atoms with van der Waals surface area (Å²) in [6.07, 6.45) is 0. The van der Waals surface area contributed by atoms with Crippen molar-refractivity contribution in [3.8, 4) is 5.75 Å². The molecule has 0 radical (unpaired) electrons. The highest BCUT2D eigenvalue weighted by Crippen LogP contribution is 2.29. The molecule has 2 aromatic carbocycles. The Kier molecular flexibility index (Phi) is 5.78. The molecule has 9 heteroatoms. The van der Waals surface area contributed by atoms with E-state index in [0.717, 1.165) is 6.07 Å². The average molecular weight is 386 g/mol. The first-order chi connectivity index (χ1) is 13.0. The van der Waals surface area contributed by atoms with Crippen LogP contribution < -0.4 is 0 Å². The number of phenolic OH excluding ortho intramolecular Hbond substituents is 1. The SMILES string of the molecule is CC(C)(C)OC(=O)c1cc(/N=N/c2cccc(C(=O)O)c2C(=O)O)ccc1O. The van der Waals surface area contributed by atoms with Crippen LogP contribution in [0.4, 0.5) is 11.4 Å². The lowest BCUT2D eigenvalue weighted by molar-refractivity contribution is 0.00664. The number of aromatic hydroxyl groups is 1. The third-order valence-corrected chi connectivity index (χ3v) is 3.36. The number of hydrogen-bond acceptors (Lipinski definition) is 7. The molecule has 2 rings (SSSR count). The number of nitrogens with zero attached hydrogens (tertiary/aromatic N) is 2. The smallest absolute Gasteiger partial charge is 0.342 e. The van der Waals surface area contributed by atoms with E-state index in [1.165, 1.54) is 30.3 Å². The van der Waals surface area contributed by atoms with E-state index in [0.29, 0.717) is 0 Å². The third kappa shape index (κ3) is 4.91. The fraction of sp³-hybridized carbons (Fsp3) is 0.211. The molecule has 0 unspecified atom stereocenters. The summed E-state index contributed by atoms with van der Waals surface area (Å²) in [7, 11) is 0. The van der Waals surface area contributed by atoms with Crippen molar-refractivity contribution in [2.45, 2.75) is 26.4 Å². The molecule has 0 saturated heterocycles. The van der Waals surface area contributed by atoms with E-state index in [1.807, 2.05) is 0 Å². The number of phenols is 1. The topological polar surface area (TPSA) is 146 Å². The highest BCUT2D eigenvalue weighted by atomic mass is 16.6. The molecule has 0 spiro atoms. The number of esters is 1. The van der Waals surface area contributed by atoms with Crippen LogP contribution >= 0.6 is 0 Å². The van der Waals surface area contributed by atoms with Crippen LogP contribution in [0, 0.1) is 0 Å². The van der Waals surface area contributed by atoms with Gasteiger partial charge in [-0.05, 0) is 51.1 Å². The van der Waals surface area contributed by atoms with E-state index < -0.39 is 34.6 Å². The van der Waals surface area contributed by atoms with Crippen LogP contribution in [0.15, 0.2) is 46.6 Å². The van der Waals surface area contributed by atoms with Crippen molar-refractivity contribution in [1.82, 2.24) is 0 Å². The third-order valence-electron chi connectivity index (χ3n) is 3.36. The van der Waals surface area contributed by atoms with Crippen molar-refractivity contribution in [1.29, 1.82) is 0 Å². The zero-order chi connectivity index (χ0) is 21.1. The van der Waals surface area contributed by atoms with E-state index in [4.69, 9.17) is 9.84 Å². The van der Waals surface area contributed by atoms with Gasteiger partial charge in [-0.25, -0.2) is 14.4 Å². The maximum Gasteiger partial charge on any atom is 0.342 e. The Morgan fingerprint density at radius 3 is 2.18 bits per heavy atom. The first-order valence-electron chi connectivity index (χ1n) is 8.07. The first-order valence-corrected chi connectivity index (χ1v) is 8.07. The van der Waals surface area contributed by atoms with Crippen LogP contribution in [-0.4, -0.2) is 38.8 Å². The summed E-state index contributed by atoms with van der Waals surface area (Å²) >= 11 is 0. The number of benzene rings is 2. The Labute approximate surface area is 159 Å². The van der Waals surface area contributed by atoms with Crippen LogP contribution in [0.1, 0.15) is 51.8 Å². The minimum Gasteiger partial charge on any atom is -0.507 e. The Hall–Kier alpha value is -3.75. The largest absolute Gasteiger partial charge is 0.507 e. The van der Waals surface area contributed by atoms with Crippen molar-refractivity contribution in [3.63, 3.8) is 0 Å². The number of ether oxygens (including phenoxy) is 1. The maximum absolute atomic E-state index is 12.2. The number of carboxylic acid groups (broad SMARTS) is 2. The number of carbonyl (C=O) groups excluding carboxylic acids is 1. The molecule has 0 aliphatic heterocycles. The van der Waals surface area contributed by atoms with Gasteiger partial charge in [-0.3, -0.25) is 0 Å². The molecule has 0 aliphatic rings. The summed E-state index contributed by atoms with van der Waals surface area (Å²) in [6.45, 7) is 5.02. The summed E-state index contributed by atoms with van der Waals surface area (Å²) in [5.74, 6) is -3.95. The van der Waals surface area contributed by atoms with Gasteiger partial charge in [0.25, 0.3) is 0 Å². The molecule has 0 amide bonds. The number of aromatic carboxylic acids is 2. The van der Waals surface area contributed by atoms with Gasteiger partial charge in [0.05, 0.1) is 11.3 Å². The predicted molar refractivity (Wildman–Crippen MR) is 97.8 cm³/mol. The zero-order valence-corrected chi connectivity index (χ0v) is 15.3. The molecule has 0 fully saturated rings. The van der Waals surface area contributed by atoms with E-state index in [9.17, 15) is 24.6 Å². The van der Waals surface area contributed by atoms with Crippen molar-refractivity contribution in [2.24, 2.45) is 10.2 Å². The number of rotatable bonds is 5. The van der Waals surface area contributed by atoms with E-state index in [-0.39, 0.29) is 22.7 Å². The number of azo groups is 1. The molecular weight excluding hydrogens is 368 g/mol. The van der Waals surface area contributed by atoms with Crippen molar-refractivity contribution in [3.05, 3.63) is 53.1 Å². The van der Waals surface area contributed by atoms with E-state index in [1.54, 1.807) is 20.8 Å². The Balaban J connectivity index is 2.42. The second-order valence-corrected chi connectivity index (χ2v) is 6.71. The second kappa shape index (κ2) is 7.87. The molecule has 28 heavy (non-hydrogen) atoms. The maximum atomic E-state index is 12.2. The molecule has 0 atom stereocenters. The van der Waals surface area contributed by atoms with Crippen LogP contribution in [0.3, 0.4) is 0 Å².